The van der Waals surface area contributed by atoms with Crippen LogP contribution in [-0.4, -0.2) is 57.3 Å². The summed E-state index contributed by atoms with van der Waals surface area (Å²) >= 11 is 1.52. The number of imidazole rings is 1. The first kappa shape index (κ1) is 15.1. The average molecular weight is 352 g/mol. The number of hydrogen-bond donors (Lipinski definition) is 0. The third-order valence-electron chi connectivity index (χ3n) is 5.51. The van der Waals surface area contributed by atoms with Crippen LogP contribution in [0, 0.1) is 0 Å². The molecule has 0 bridgehead atoms. The van der Waals surface area contributed by atoms with Crippen molar-refractivity contribution in [3.05, 3.63) is 58.9 Å². The number of rotatable bonds is 2. The first-order valence-corrected chi connectivity index (χ1v) is 9.68. The maximum Gasteiger partial charge on any atom is 0.271 e. The molecule has 1 amide bonds. The molecule has 1 aliphatic carbocycles. The van der Waals surface area contributed by atoms with E-state index in [9.17, 15) is 4.79 Å². The summed E-state index contributed by atoms with van der Waals surface area (Å²) in [6, 6.07) is 9.37. The van der Waals surface area contributed by atoms with Crippen LogP contribution in [0.15, 0.2) is 42.0 Å². The fourth-order valence-electron chi connectivity index (χ4n) is 4.13. The third-order valence-corrected chi connectivity index (χ3v) is 6.36. The zero-order valence-electron chi connectivity index (χ0n) is 14.0. The normalized spacial score (nSPS) is 18.8. The fraction of sp³-hybridized carbons (Fsp3) is 0.368. The number of hydrogen-bond acceptors (Lipinski definition) is 4. The van der Waals surface area contributed by atoms with E-state index in [0.29, 0.717) is 6.04 Å². The van der Waals surface area contributed by atoms with Gasteiger partial charge in [-0.15, -0.1) is 11.3 Å². The highest BCUT2D eigenvalue weighted by Gasteiger charge is 2.31. The molecule has 0 saturated carbocycles. The van der Waals surface area contributed by atoms with Gasteiger partial charge < -0.3 is 4.90 Å². The summed E-state index contributed by atoms with van der Waals surface area (Å²) in [4.78, 5) is 22.5. The molecule has 128 valence electrons. The SMILES string of the molecule is O=C(c1csc2nccn12)N1CCN(C2Cc3ccccc3C2)CC1. The predicted molar refractivity (Wildman–Crippen MR) is 98.2 cm³/mol. The largest absolute Gasteiger partial charge is 0.335 e. The topological polar surface area (TPSA) is 40.9 Å². The molecule has 1 aromatic carbocycles. The number of benzene rings is 1. The lowest BCUT2D eigenvalue weighted by Gasteiger charge is -2.38. The smallest absolute Gasteiger partial charge is 0.271 e. The van der Waals surface area contributed by atoms with Crippen molar-refractivity contribution >= 4 is 22.2 Å². The number of nitrogens with zero attached hydrogens (tertiary/aromatic N) is 4. The lowest BCUT2D eigenvalue weighted by atomic mass is 10.1. The van der Waals surface area contributed by atoms with E-state index in [2.05, 4.69) is 34.1 Å². The van der Waals surface area contributed by atoms with Crippen molar-refractivity contribution in [3.63, 3.8) is 0 Å². The van der Waals surface area contributed by atoms with E-state index in [0.717, 1.165) is 49.7 Å². The van der Waals surface area contributed by atoms with Crippen LogP contribution in [0.25, 0.3) is 4.96 Å². The van der Waals surface area contributed by atoms with Gasteiger partial charge in [-0.05, 0) is 24.0 Å². The van der Waals surface area contributed by atoms with Gasteiger partial charge in [-0.25, -0.2) is 4.98 Å². The van der Waals surface area contributed by atoms with E-state index in [1.54, 1.807) is 6.20 Å². The number of thiazole rings is 1. The summed E-state index contributed by atoms with van der Waals surface area (Å²) in [7, 11) is 0. The molecule has 0 N–H and O–H groups in total. The highest BCUT2D eigenvalue weighted by Crippen LogP contribution is 2.26. The third kappa shape index (κ3) is 2.56. The lowest BCUT2D eigenvalue weighted by molar-refractivity contribution is 0.0570. The molecule has 0 spiro atoms. The van der Waals surface area contributed by atoms with Crippen molar-refractivity contribution in [1.82, 2.24) is 19.2 Å². The number of amides is 1. The molecule has 1 saturated heterocycles. The maximum atomic E-state index is 12.8. The van der Waals surface area contributed by atoms with Crippen molar-refractivity contribution in [3.8, 4) is 0 Å². The molecule has 25 heavy (non-hydrogen) atoms. The molecule has 5 nitrogen and oxygen atoms in total. The zero-order chi connectivity index (χ0) is 16.8. The van der Waals surface area contributed by atoms with Crippen molar-refractivity contribution in [2.24, 2.45) is 0 Å². The Hall–Kier alpha value is -2.18. The van der Waals surface area contributed by atoms with Crippen LogP contribution in [0.2, 0.25) is 0 Å². The molecule has 1 aliphatic heterocycles. The second kappa shape index (κ2) is 5.97. The Morgan fingerprint density at radius 3 is 2.52 bits per heavy atom. The Labute approximate surface area is 150 Å². The first-order chi connectivity index (χ1) is 12.3. The van der Waals surface area contributed by atoms with E-state index in [-0.39, 0.29) is 5.91 Å². The molecular formula is C19H20N4OS. The summed E-state index contributed by atoms with van der Waals surface area (Å²) in [6.07, 6.45) is 5.90. The zero-order valence-corrected chi connectivity index (χ0v) is 14.8. The van der Waals surface area contributed by atoms with Crippen LogP contribution in [0.5, 0.6) is 0 Å². The number of fused-ring (bicyclic) bond motifs is 2. The van der Waals surface area contributed by atoms with Crippen molar-refractivity contribution in [2.75, 3.05) is 26.2 Å². The van der Waals surface area contributed by atoms with Crippen LogP contribution < -0.4 is 0 Å². The van der Waals surface area contributed by atoms with Crippen LogP contribution >= 0.6 is 11.3 Å². The molecule has 2 aromatic heterocycles. The Morgan fingerprint density at radius 2 is 1.80 bits per heavy atom. The molecule has 6 heteroatoms. The van der Waals surface area contributed by atoms with Gasteiger partial charge in [-0.2, -0.15) is 0 Å². The van der Waals surface area contributed by atoms with Crippen LogP contribution in [0.3, 0.4) is 0 Å². The molecule has 0 unspecified atom stereocenters. The molecule has 3 aromatic rings. The van der Waals surface area contributed by atoms with E-state index in [4.69, 9.17) is 0 Å². The first-order valence-electron chi connectivity index (χ1n) is 8.80. The molecular weight excluding hydrogens is 332 g/mol. The molecule has 5 rings (SSSR count). The van der Waals surface area contributed by atoms with E-state index in [1.165, 1.54) is 22.5 Å². The predicted octanol–water partition coefficient (Wildman–Crippen LogP) is 2.32. The number of piperazine rings is 1. The second-order valence-electron chi connectivity index (χ2n) is 6.86. The minimum Gasteiger partial charge on any atom is -0.335 e. The molecule has 3 heterocycles. The standard InChI is InChI=1S/C19H20N4OS/c24-18(17-13-25-19-20-5-6-23(17)19)22-9-7-21(8-10-22)16-11-14-3-1-2-4-15(14)12-16/h1-6,13,16H,7-12H2. The van der Waals surface area contributed by atoms with Gasteiger partial charge in [-0.1, -0.05) is 24.3 Å². The second-order valence-corrected chi connectivity index (χ2v) is 7.70. The minimum atomic E-state index is 0.124. The van der Waals surface area contributed by atoms with Gasteiger partial charge >= 0.3 is 0 Å². The van der Waals surface area contributed by atoms with Crippen molar-refractivity contribution in [1.29, 1.82) is 0 Å². The highest BCUT2D eigenvalue weighted by atomic mass is 32.1. The van der Waals surface area contributed by atoms with Crippen molar-refractivity contribution in [2.45, 2.75) is 18.9 Å². The Kier molecular flexibility index (Phi) is 3.60. The van der Waals surface area contributed by atoms with Crippen molar-refractivity contribution < 1.29 is 4.79 Å². The summed E-state index contributed by atoms with van der Waals surface area (Å²) in [5, 5.41) is 1.92. The minimum absolute atomic E-state index is 0.124. The quantitative estimate of drug-likeness (QED) is 0.711. The number of carbonyl (C=O) groups is 1. The number of aromatic nitrogens is 2. The average Bonchev–Trinajstić information content (AvgIpc) is 3.36. The Bertz CT molecular complexity index is 897. The van der Waals surface area contributed by atoms with Gasteiger partial charge in [0.25, 0.3) is 5.91 Å². The fourth-order valence-corrected chi connectivity index (χ4v) is 4.95. The summed E-state index contributed by atoms with van der Waals surface area (Å²) < 4.78 is 1.90. The van der Waals surface area contributed by atoms with Crippen LogP contribution in [0.4, 0.5) is 0 Å². The number of carbonyl (C=O) groups excluding carboxylic acids is 1. The lowest BCUT2D eigenvalue weighted by Crippen LogP contribution is -2.52. The highest BCUT2D eigenvalue weighted by molar-refractivity contribution is 7.15. The van der Waals surface area contributed by atoms with Gasteiger partial charge in [0, 0.05) is 50.0 Å². The molecule has 0 radical (unpaired) electrons. The van der Waals surface area contributed by atoms with E-state index < -0.39 is 0 Å². The maximum absolute atomic E-state index is 12.8. The summed E-state index contributed by atoms with van der Waals surface area (Å²) in [5.41, 5.74) is 3.72. The summed E-state index contributed by atoms with van der Waals surface area (Å²) in [6.45, 7) is 3.53. The van der Waals surface area contributed by atoms with Gasteiger partial charge in [-0.3, -0.25) is 14.1 Å². The van der Waals surface area contributed by atoms with Crippen LogP contribution in [-0.2, 0) is 12.8 Å². The van der Waals surface area contributed by atoms with Crippen LogP contribution in [0.1, 0.15) is 21.6 Å². The molecule has 2 aliphatic rings. The Morgan fingerprint density at radius 1 is 1.08 bits per heavy atom. The van der Waals surface area contributed by atoms with E-state index >= 15 is 0 Å². The van der Waals surface area contributed by atoms with Gasteiger partial charge in [0.1, 0.15) is 5.69 Å². The molecule has 1 fully saturated rings. The monoisotopic (exact) mass is 352 g/mol. The van der Waals surface area contributed by atoms with Gasteiger partial charge in [0.15, 0.2) is 4.96 Å². The molecule has 0 atom stereocenters. The Balaban J connectivity index is 1.25. The van der Waals surface area contributed by atoms with Gasteiger partial charge in [0.05, 0.1) is 0 Å². The van der Waals surface area contributed by atoms with E-state index in [1.807, 2.05) is 20.9 Å². The van der Waals surface area contributed by atoms with Gasteiger partial charge in [0.2, 0.25) is 0 Å². The summed E-state index contributed by atoms with van der Waals surface area (Å²) in [5.74, 6) is 0.124.